The maximum absolute atomic E-state index is 11.0. The van der Waals surface area contributed by atoms with Crippen molar-refractivity contribution in [3.05, 3.63) is 42.2 Å². The number of aromatic nitrogens is 3. The molecule has 1 N–H and O–H groups in total. The molecule has 0 aromatic carbocycles. The number of nitrogens with zero attached hydrogens (tertiary/aromatic N) is 4. The van der Waals surface area contributed by atoms with Gasteiger partial charge in [0.25, 0.3) is 0 Å². The second kappa shape index (κ2) is 7.44. The molecule has 7 nitrogen and oxygen atoms in total. The number of nitrogens with one attached hydrogen (secondary N) is 1. The summed E-state index contributed by atoms with van der Waals surface area (Å²) in [4.78, 5) is 21.8. The minimum Gasteiger partial charge on any atom is -0.489 e. The van der Waals surface area contributed by atoms with Crippen LogP contribution in [0, 0.1) is 0 Å². The topological polar surface area (TPSA) is 72.3 Å². The van der Waals surface area contributed by atoms with Crippen molar-refractivity contribution in [1.29, 1.82) is 0 Å². The minimum atomic E-state index is -0.0651. The molecule has 3 rings (SSSR count). The van der Waals surface area contributed by atoms with Crippen LogP contribution >= 0.6 is 0 Å². The van der Waals surface area contributed by atoms with Crippen LogP contribution in [0.1, 0.15) is 24.7 Å². The zero-order valence-corrected chi connectivity index (χ0v) is 14.1. The normalized spacial score (nSPS) is 17.8. The summed E-state index contributed by atoms with van der Waals surface area (Å²) in [5.41, 5.74) is 2.00. The second-order valence-corrected chi connectivity index (χ2v) is 6.15. The number of hydrogen-bond acceptors (Lipinski definition) is 5. The molecule has 0 aliphatic carbocycles. The number of amides is 1. The number of ether oxygens (including phenoxy) is 1. The van der Waals surface area contributed by atoms with Gasteiger partial charge >= 0.3 is 0 Å². The van der Waals surface area contributed by atoms with E-state index in [0.29, 0.717) is 6.54 Å². The maximum Gasteiger partial charge on any atom is 0.217 e. The van der Waals surface area contributed by atoms with E-state index in [1.54, 1.807) is 6.20 Å². The molecule has 0 bridgehead atoms. The predicted molar refractivity (Wildman–Crippen MR) is 89.3 cm³/mol. The monoisotopic (exact) mass is 329 g/mol. The van der Waals surface area contributed by atoms with Crippen LogP contribution in [-0.4, -0.2) is 44.5 Å². The Labute approximate surface area is 141 Å². The number of carbonyl (C=O) groups is 1. The van der Waals surface area contributed by atoms with E-state index >= 15 is 0 Å². The number of rotatable bonds is 6. The van der Waals surface area contributed by atoms with Gasteiger partial charge in [0.15, 0.2) is 0 Å². The molecule has 1 saturated heterocycles. The molecule has 1 amide bonds. The predicted octanol–water partition coefficient (Wildman–Crippen LogP) is 1.10. The van der Waals surface area contributed by atoms with Gasteiger partial charge in [-0.05, 0) is 12.5 Å². The lowest BCUT2D eigenvalue weighted by molar-refractivity contribution is -0.119. The van der Waals surface area contributed by atoms with Crippen LogP contribution in [-0.2, 0) is 24.9 Å². The van der Waals surface area contributed by atoms with Crippen molar-refractivity contribution in [1.82, 2.24) is 24.8 Å². The SMILES string of the molecule is CC(=O)NCc1cc(OC2CCN(Cc3cncn3C)C2)ccn1. The van der Waals surface area contributed by atoms with Crippen molar-refractivity contribution in [2.45, 2.75) is 32.5 Å². The molecule has 24 heavy (non-hydrogen) atoms. The molecule has 3 heterocycles. The Hall–Kier alpha value is -2.41. The molecule has 2 aromatic heterocycles. The number of imidazole rings is 1. The van der Waals surface area contributed by atoms with Crippen molar-refractivity contribution < 1.29 is 9.53 Å². The summed E-state index contributed by atoms with van der Waals surface area (Å²) in [5, 5.41) is 2.75. The molecule has 0 saturated carbocycles. The number of pyridine rings is 1. The molecule has 0 radical (unpaired) electrons. The third kappa shape index (κ3) is 4.32. The minimum absolute atomic E-state index is 0.0651. The summed E-state index contributed by atoms with van der Waals surface area (Å²) in [6.45, 7) is 4.72. The Kier molecular flexibility index (Phi) is 5.10. The first kappa shape index (κ1) is 16.4. The number of hydrogen-bond donors (Lipinski definition) is 1. The van der Waals surface area contributed by atoms with Gasteiger partial charge in [0.05, 0.1) is 24.3 Å². The summed E-state index contributed by atoms with van der Waals surface area (Å²) in [6, 6.07) is 3.75. The third-order valence-electron chi connectivity index (χ3n) is 4.14. The van der Waals surface area contributed by atoms with E-state index in [2.05, 4.69) is 20.2 Å². The highest BCUT2D eigenvalue weighted by Crippen LogP contribution is 2.20. The molecule has 1 aliphatic heterocycles. The van der Waals surface area contributed by atoms with E-state index in [1.165, 1.54) is 12.6 Å². The van der Waals surface area contributed by atoms with Gasteiger partial charge in [-0.3, -0.25) is 14.7 Å². The van der Waals surface area contributed by atoms with Crippen LogP contribution in [0.15, 0.2) is 30.9 Å². The molecule has 1 atom stereocenters. The zero-order chi connectivity index (χ0) is 16.9. The molecular formula is C17H23N5O2. The van der Waals surface area contributed by atoms with Crippen molar-refractivity contribution in [3.8, 4) is 5.75 Å². The first-order valence-electron chi connectivity index (χ1n) is 8.14. The molecule has 1 aliphatic rings. The van der Waals surface area contributed by atoms with Crippen LogP contribution in [0.5, 0.6) is 5.75 Å². The van der Waals surface area contributed by atoms with Crippen LogP contribution in [0.4, 0.5) is 0 Å². The molecule has 1 unspecified atom stereocenters. The lowest BCUT2D eigenvalue weighted by Gasteiger charge is -2.17. The van der Waals surface area contributed by atoms with Crippen LogP contribution in [0.2, 0.25) is 0 Å². The molecular weight excluding hydrogens is 306 g/mol. The zero-order valence-electron chi connectivity index (χ0n) is 14.1. The lowest BCUT2D eigenvalue weighted by Crippen LogP contribution is -2.25. The Morgan fingerprint density at radius 1 is 1.50 bits per heavy atom. The highest BCUT2D eigenvalue weighted by molar-refractivity contribution is 5.72. The van der Waals surface area contributed by atoms with Crippen LogP contribution in [0.25, 0.3) is 0 Å². The summed E-state index contributed by atoms with van der Waals surface area (Å²) in [6.07, 6.45) is 6.63. The van der Waals surface area contributed by atoms with Crippen molar-refractivity contribution >= 4 is 5.91 Å². The van der Waals surface area contributed by atoms with Gasteiger partial charge in [-0.15, -0.1) is 0 Å². The Bertz CT molecular complexity index is 700. The first-order chi connectivity index (χ1) is 11.6. The summed E-state index contributed by atoms with van der Waals surface area (Å²) < 4.78 is 8.13. The Morgan fingerprint density at radius 2 is 2.38 bits per heavy atom. The molecule has 7 heteroatoms. The van der Waals surface area contributed by atoms with Gasteiger partial charge in [-0.1, -0.05) is 0 Å². The maximum atomic E-state index is 11.0. The van der Waals surface area contributed by atoms with E-state index in [0.717, 1.165) is 37.5 Å². The van der Waals surface area contributed by atoms with Gasteiger partial charge in [0.1, 0.15) is 11.9 Å². The third-order valence-corrected chi connectivity index (χ3v) is 4.14. The highest BCUT2D eigenvalue weighted by Gasteiger charge is 2.24. The van der Waals surface area contributed by atoms with Crippen LogP contribution < -0.4 is 10.1 Å². The molecule has 2 aromatic rings. The summed E-state index contributed by atoms with van der Waals surface area (Å²) in [5.74, 6) is 0.738. The van der Waals surface area contributed by atoms with E-state index in [9.17, 15) is 4.79 Å². The fourth-order valence-electron chi connectivity index (χ4n) is 2.84. The summed E-state index contributed by atoms with van der Waals surface area (Å²) >= 11 is 0. The number of aryl methyl sites for hydroxylation is 1. The molecule has 128 valence electrons. The average Bonchev–Trinajstić information content (AvgIpc) is 3.16. The standard InChI is InChI=1S/C17H23N5O2/c1-13(23)20-8-14-7-16(3-5-19-14)24-17-4-6-22(11-17)10-15-9-18-12-21(15)2/h3,5,7,9,12,17H,4,6,8,10-11H2,1-2H3,(H,20,23). The second-order valence-electron chi connectivity index (χ2n) is 6.15. The fourth-order valence-corrected chi connectivity index (χ4v) is 2.84. The van der Waals surface area contributed by atoms with E-state index in [1.807, 2.05) is 36.3 Å². The van der Waals surface area contributed by atoms with E-state index in [-0.39, 0.29) is 12.0 Å². The lowest BCUT2D eigenvalue weighted by atomic mass is 10.3. The van der Waals surface area contributed by atoms with Gasteiger partial charge < -0.3 is 14.6 Å². The van der Waals surface area contributed by atoms with Crippen LogP contribution in [0.3, 0.4) is 0 Å². The van der Waals surface area contributed by atoms with E-state index in [4.69, 9.17) is 4.74 Å². The smallest absolute Gasteiger partial charge is 0.217 e. The number of likely N-dealkylation sites (tertiary alicyclic amines) is 1. The van der Waals surface area contributed by atoms with Gasteiger partial charge in [-0.25, -0.2) is 4.98 Å². The van der Waals surface area contributed by atoms with Gasteiger partial charge in [0, 0.05) is 52.1 Å². The largest absolute Gasteiger partial charge is 0.489 e. The van der Waals surface area contributed by atoms with E-state index < -0.39 is 0 Å². The summed E-state index contributed by atoms with van der Waals surface area (Å²) in [7, 11) is 2.01. The van der Waals surface area contributed by atoms with Gasteiger partial charge in [-0.2, -0.15) is 0 Å². The quantitative estimate of drug-likeness (QED) is 0.859. The fraction of sp³-hybridized carbons (Fsp3) is 0.471. The Balaban J connectivity index is 1.52. The number of carbonyl (C=O) groups excluding carboxylic acids is 1. The van der Waals surface area contributed by atoms with Crippen molar-refractivity contribution in [2.75, 3.05) is 13.1 Å². The molecule has 0 spiro atoms. The Morgan fingerprint density at radius 3 is 3.12 bits per heavy atom. The molecule has 1 fully saturated rings. The van der Waals surface area contributed by atoms with Crippen molar-refractivity contribution in [3.63, 3.8) is 0 Å². The average molecular weight is 329 g/mol. The first-order valence-corrected chi connectivity index (χ1v) is 8.14. The highest BCUT2D eigenvalue weighted by atomic mass is 16.5. The van der Waals surface area contributed by atoms with Gasteiger partial charge in [0.2, 0.25) is 5.91 Å². The van der Waals surface area contributed by atoms with Crippen molar-refractivity contribution in [2.24, 2.45) is 7.05 Å².